The minimum Gasteiger partial charge on any atom is -0.312 e. The topological polar surface area (TPSA) is 34.9 Å². The van der Waals surface area contributed by atoms with E-state index < -0.39 is 0 Å². The third-order valence-corrected chi connectivity index (χ3v) is 3.04. The van der Waals surface area contributed by atoms with E-state index in [9.17, 15) is 4.79 Å². The Labute approximate surface area is 92.5 Å². The summed E-state index contributed by atoms with van der Waals surface area (Å²) in [5, 5.41) is 0.543. The van der Waals surface area contributed by atoms with Crippen molar-refractivity contribution in [3.05, 3.63) is 22.7 Å². The highest BCUT2D eigenvalue weighted by molar-refractivity contribution is 7.99. The number of rotatable bonds is 5. The molecule has 14 heavy (non-hydrogen) atoms. The van der Waals surface area contributed by atoms with Crippen LogP contribution in [0.5, 0.6) is 0 Å². The van der Waals surface area contributed by atoms with Gasteiger partial charge in [0.15, 0.2) is 5.03 Å². The molecule has 0 aliphatic rings. The lowest BCUT2D eigenvalue weighted by molar-refractivity contribution is 0.632. The Morgan fingerprint density at radius 1 is 1.64 bits per heavy atom. The highest BCUT2D eigenvalue weighted by Crippen LogP contribution is 2.09. The van der Waals surface area contributed by atoms with Crippen molar-refractivity contribution in [2.24, 2.45) is 0 Å². The van der Waals surface area contributed by atoms with Crippen LogP contribution in [0.1, 0.15) is 13.3 Å². The molecule has 0 fully saturated rings. The standard InChI is InChI=1S/C9H13ClN2OS/c1-2-5-12-6-4-11-8(9(12)13)14-7-3-10/h4,6H,2-3,5,7H2,1H3. The summed E-state index contributed by atoms with van der Waals surface area (Å²) in [6, 6.07) is 0. The number of alkyl halides is 1. The average Bonchev–Trinajstić information content (AvgIpc) is 2.20. The van der Waals surface area contributed by atoms with Crippen molar-refractivity contribution in [2.45, 2.75) is 24.9 Å². The van der Waals surface area contributed by atoms with Crippen molar-refractivity contribution in [1.82, 2.24) is 9.55 Å². The van der Waals surface area contributed by atoms with Crippen LogP contribution < -0.4 is 5.56 Å². The summed E-state index contributed by atoms with van der Waals surface area (Å²) in [5.41, 5.74) is -0.00975. The van der Waals surface area contributed by atoms with Gasteiger partial charge in [-0.3, -0.25) is 4.79 Å². The van der Waals surface area contributed by atoms with Crippen LogP contribution in [0, 0.1) is 0 Å². The molecule has 0 atom stereocenters. The molecule has 1 rings (SSSR count). The third-order valence-electron chi connectivity index (χ3n) is 1.66. The van der Waals surface area contributed by atoms with Gasteiger partial charge in [0, 0.05) is 30.6 Å². The van der Waals surface area contributed by atoms with Gasteiger partial charge < -0.3 is 4.57 Å². The SMILES string of the molecule is CCCn1ccnc(SCCCl)c1=O. The van der Waals surface area contributed by atoms with E-state index in [1.807, 2.05) is 6.92 Å². The number of thioether (sulfide) groups is 1. The van der Waals surface area contributed by atoms with Crippen molar-refractivity contribution >= 4 is 23.4 Å². The maximum absolute atomic E-state index is 11.7. The quantitative estimate of drug-likeness (QED) is 0.575. The fraction of sp³-hybridized carbons (Fsp3) is 0.556. The molecule has 78 valence electrons. The molecule has 1 heterocycles. The first-order valence-electron chi connectivity index (χ1n) is 4.53. The van der Waals surface area contributed by atoms with Crippen molar-refractivity contribution in [3.8, 4) is 0 Å². The van der Waals surface area contributed by atoms with Crippen molar-refractivity contribution in [3.63, 3.8) is 0 Å². The second-order valence-corrected chi connectivity index (χ2v) is 4.23. The molecule has 0 saturated carbocycles. The zero-order chi connectivity index (χ0) is 10.4. The van der Waals surface area contributed by atoms with Crippen LogP contribution in [0.3, 0.4) is 0 Å². The largest absolute Gasteiger partial charge is 0.312 e. The van der Waals surface area contributed by atoms with E-state index in [4.69, 9.17) is 11.6 Å². The first-order valence-corrected chi connectivity index (χ1v) is 6.05. The Morgan fingerprint density at radius 3 is 3.07 bits per heavy atom. The predicted octanol–water partition coefficient (Wildman–Crippen LogP) is 1.98. The van der Waals surface area contributed by atoms with Crippen LogP contribution in [0.15, 0.2) is 22.2 Å². The monoisotopic (exact) mass is 232 g/mol. The minimum absolute atomic E-state index is 0.00975. The Kier molecular flexibility index (Phi) is 5.04. The number of hydrogen-bond donors (Lipinski definition) is 0. The van der Waals surface area contributed by atoms with Gasteiger partial charge in [0.05, 0.1) is 0 Å². The van der Waals surface area contributed by atoms with Gasteiger partial charge in [0.1, 0.15) is 0 Å². The van der Waals surface area contributed by atoms with Crippen LogP contribution in [-0.2, 0) is 6.54 Å². The average molecular weight is 233 g/mol. The molecule has 5 heteroatoms. The molecular weight excluding hydrogens is 220 g/mol. The molecule has 0 aromatic carbocycles. The first-order chi connectivity index (χ1) is 6.79. The summed E-state index contributed by atoms with van der Waals surface area (Å²) < 4.78 is 1.68. The zero-order valence-electron chi connectivity index (χ0n) is 8.07. The van der Waals surface area contributed by atoms with E-state index >= 15 is 0 Å². The molecule has 1 aromatic rings. The van der Waals surface area contributed by atoms with E-state index in [1.165, 1.54) is 11.8 Å². The fourth-order valence-electron chi connectivity index (χ4n) is 1.08. The van der Waals surface area contributed by atoms with Crippen molar-refractivity contribution in [2.75, 3.05) is 11.6 Å². The molecule has 0 spiro atoms. The van der Waals surface area contributed by atoms with Gasteiger partial charge in [-0.2, -0.15) is 0 Å². The second-order valence-electron chi connectivity index (χ2n) is 2.77. The summed E-state index contributed by atoms with van der Waals surface area (Å²) in [4.78, 5) is 15.7. The number of aryl methyl sites for hydroxylation is 1. The lowest BCUT2D eigenvalue weighted by Crippen LogP contribution is -2.21. The van der Waals surface area contributed by atoms with Gasteiger partial charge >= 0.3 is 0 Å². The molecule has 1 aromatic heterocycles. The molecule has 0 N–H and O–H groups in total. The number of hydrogen-bond acceptors (Lipinski definition) is 3. The van der Waals surface area contributed by atoms with E-state index in [-0.39, 0.29) is 5.56 Å². The molecule has 0 aliphatic heterocycles. The molecular formula is C9H13ClN2OS. The molecule has 0 radical (unpaired) electrons. The lowest BCUT2D eigenvalue weighted by Gasteiger charge is -2.04. The summed E-state index contributed by atoms with van der Waals surface area (Å²) in [5.74, 6) is 1.26. The molecule has 0 bridgehead atoms. The number of aromatic nitrogens is 2. The highest BCUT2D eigenvalue weighted by Gasteiger charge is 2.03. The van der Waals surface area contributed by atoms with E-state index in [2.05, 4.69) is 4.98 Å². The van der Waals surface area contributed by atoms with E-state index in [0.717, 1.165) is 18.7 Å². The summed E-state index contributed by atoms with van der Waals surface area (Å²) in [6.45, 7) is 2.79. The summed E-state index contributed by atoms with van der Waals surface area (Å²) in [7, 11) is 0. The van der Waals surface area contributed by atoms with Crippen LogP contribution in [0.25, 0.3) is 0 Å². The first kappa shape index (κ1) is 11.6. The third kappa shape index (κ3) is 3.03. The molecule has 0 unspecified atom stereocenters. The Bertz CT molecular complexity index is 340. The van der Waals surface area contributed by atoms with Crippen molar-refractivity contribution < 1.29 is 0 Å². The normalized spacial score (nSPS) is 10.4. The number of nitrogens with zero attached hydrogens (tertiary/aromatic N) is 2. The molecule has 0 aliphatic carbocycles. The summed E-state index contributed by atoms with van der Waals surface area (Å²) in [6.07, 6.45) is 4.33. The van der Waals surface area contributed by atoms with Crippen LogP contribution >= 0.6 is 23.4 Å². The van der Waals surface area contributed by atoms with Gasteiger partial charge in [-0.15, -0.1) is 11.6 Å². The van der Waals surface area contributed by atoms with Gasteiger partial charge in [0.25, 0.3) is 5.56 Å². The Hall–Kier alpha value is -0.480. The predicted molar refractivity (Wildman–Crippen MR) is 60.2 cm³/mol. The smallest absolute Gasteiger partial charge is 0.283 e. The maximum atomic E-state index is 11.7. The Morgan fingerprint density at radius 2 is 2.43 bits per heavy atom. The molecule has 0 amide bonds. The van der Waals surface area contributed by atoms with Crippen LogP contribution in [-0.4, -0.2) is 21.2 Å². The van der Waals surface area contributed by atoms with Gasteiger partial charge in [-0.05, 0) is 6.42 Å². The highest BCUT2D eigenvalue weighted by atomic mass is 35.5. The lowest BCUT2D eigenvalue weighted by atomic mass is 10.5. The fourth-order valence-corrected chi connectivity index (χ4v) is 1.96. The van der Waals surface area contributed by atoms with Gasteiger partial charge in [-0.1, -0.05) is 18.7 Å². The molecule has 3 nitrogen and oxygen atoms in total. The Balaban J connectivity index is 2.84. The number of halogens is 1. The van der Waals surface area contributed by atoms with Crippen LogP contribution in [0.4, 0.5) is 0 Å². The maximum Gasteiger partial charge on any atom is 0.283 e. The van der Waals surface area contributed by atoms with E-state index in [0.29, 0.717) is 10.9 Å². The molecule has 0 saturated heterocycles. The van der Waals surface area contributed by atoms with Gasteiger partial charge in [-0.25, -0.2) is 4.98 Å². The zero-order valence-corrected chi connectivity index (χ0v) is 9.64. The second kappa shape index (κ2) is 6.09. The van der Waals surface area contributed by atoms with Crippen LogP contribution in [0.2, 0.25) is 0 Å². The van der Waals surface area contributed by atoms with E-state index in [1.54, 1.807) is 17.0 Å². The summed E-state index contributed by atoms with van der Waals surface area (Å²) >= 11 is 6.96. The van der Waals surface area contributed by atoms with Gasteiger partial charge in [0.2, 0.25) is 0 Å². The minimum atomic E-state index is -0.00975. The van der Waals surface area contributed by atoms with Crippen molar-refractivity contribution in [1.29, 1.82) is 0 Å².